The fourth-order valence-electron chi connectivity index (χ4n) is 2.02. The van der Waals surface area contributed by atoms with Crippen LogP contribution >= 0.6 is 0 Å². The summed E-state index contributed by atoms with van der Waals surface area (Å²) >= 11 is 0. The molecule has 90 valence electrons. The van der Waals surface area contributed by atoms with Gasteiger partial charge in [-0.2, -0.15) is 0 Å². The van der Waals surface area contributed by atoms with Crippen LogP contribution in [-0.4, -0.2) is 42.4 Å². The number of aryl methyl sites for hydroxylation is 2. The van der Waals surface area contributed by atoms with Crippen LogP contribution < -0.4 is 5.73 Å². The van der Waals surface area contributed by atoms with Crippen LogP contribution in [0.25, 0.3) is 0 Å². The minimum atomic E-state index is 0.161. The lowest BCUT2D eigenvalue weighted by Gasteiger charge is -2.32. The molecule has 1 saturated heterocycles. The molecular formula is C11H19N3O2. The summed E-state index contributed by atoms with van der Waals surface area (Å²) in [5.74, 6) is 0.910. The predicted octanol–water partition coefficient (Wildman–Crippen LogP) is 0.451. The lowest BCUT2D eigenvalue weighted by atomic mass is 10.1. The van der Waals surface area contributed by atoms with Crippen molar-refractivity contribution < 1.29 is 9.26 Å². The van der Waals surface area contributed by atoms with Gasteiger partial charge in [-0.25, -0.2) is 0 Å². The second kappa shape index (κ2) is 4.95. The van der Waals surface area contributed by atoms with Gasteiger partial charge in [0.25, 0.3) is 0 Å². The number of hydrogen-bond acceptors (Lipinski definition) is 5. The van der Waals surface area contributed by atoms with Crippen LogP contribution in [0, 0.1) is 13.8 Å². The highest BCUT2D eigenvalue weighted by Crippen LogP contribution is 2.16. The van der Waals surface area contributed by atoms with Crippen LogP contribution in [0.1, 0.15) is 17.0 Å². The van der Waals surface area contributed by atoms with E-state index in [0.717, 1.165) is 37.7 Å². The third kappa shape index (κ3) is 2.42. The van der Waals surface area contributed by atoms with Crippen LogP contribution in [0.5, 0.6) is 0 Å². The average Bonchev–Trinajstić information content (AvgIpc) is 2.61. The number of ether oxygens (including phenoxy) is 1. The van der Waals surface area contributed by atoms with Crippen LogP contribution in [0.3, 0.4) is 0 Å². The fourth-order valence-corrected chi connectivity index (χ4v) is 2.02. The zero-order valence-electron chi connectivity index (χ0n) is 9.90. The van der Waals surface area contributed by atoms with E-state index in [2.05, 4.69) is 10.1 Å². The standard InChI is InChI=1S/C11H19N3O2/c1-8-11(9(2)16-13-8)7-14-3-4-15-10(5-12)6-14/h10H,3-7,12H2,1-2H3. The molecule has 0 bridgehead atoms. The molecule has 0 spiro atoms. The molecule has 0 amide bonds. The van der Waals surface area contributed by atoms with Gasteiger partial charge in [0.05, 0.1) is 18.4 Å². The first-order valence-corrected chi connectivity index (χ1v) is 5.66. The molecule has 1 aromatic heterocycles. The van der Waals surface area contributed by atoms with E-state index in [-0.39, 0.29) is 6.10 Å². The van der Waals surface area contributed by atoms with Gasteiger partial charge in [0.1, 0.15) is 5.76 Å². The topological polar surface area (TPSA) is 64.5 Å². The first kappa shape index (κ1) is 11.6. The van der Waals surface area contributed by atoms with Crippen LogP contribution in [0.4, 0.5) is 0 Å². The van der Waals surface area contributed by atoms with E-state index in [1.165, 1.54) is 5.56 Å². The highest BCUT2D eigenvalue weighted by molar-refractivity contribution is 5.20. The van der Waals surface area contributed by atoms with E-state index in [9.17, 15) is 0 Å². The molecule has 5 nitrogen and oxygen atoms in total. The molecule has 1 fully saturated rings. The zero-order valence-corrected chi connectivity index (χ0v) is 9.90. The molecule has 1 aliphatic heterocycles. The molecule has 1 unspecified atom stereocenters. The fraction of sp³-hybridized carbons (Fsp3) is 0.727. The Labute approximate surface area is 95.5 Å². The quantitative estimate of drug-likeness (QED) is 0.809. The molecule has 0 aromatic carbocycles. The Morgan fingerprint density at radius 2 is 2.31 bits per heavy atom. The van der Waals surface area contributed by atoms with Crippen LogP contribution in [-0.2, 0) is 11.3 Å². The Kier molecular flexibility index (Phi) is 3.58. The molecule has 1 atom stereocenters. The van der Waals surface area contributed by atoms with E-state index >= 15 is 0 Å². The summed E-state index contributed by atoms with van der Waals surface area (Å²) in [6.45, 7) is 7.98. The lowest BCUT2D eigenvalue weighted by molar-refractivity contribution is -0.0262. The smallest absolute Gasteiger partial charge is 0.138 e. The number of nitrogens with two attached hydrogens (primary N) is 1. The van der Waals surface area contributed by atoms with E-state index < -0.39 is 0 Å². The highest BCUT2D eigenvalue weighted by Gasteiger charge is 2.21. The maximum Gasteiger partial charge on any atom is 0.138 e. The minimum absolute atomic E-state index is 0.161. The van der Waals surface area contributed by atoms with Gasteiger partial charge >= 0.3 is 0 Å². The number of hydrogen-bond donors (Lipinski definition) is 1. The largest absolute Gasteiger partial charge is 0.374 e. The SMILES string of the molecule is Cc1noc(C)c1CN1CCOC(CN)C1. The van der Waals surface area contributed by atoms with Gasteiger partial charge in [-0.1, -0.05) is 5.16 Å². The number of rotatable bonds is 3. The summed E-state index contributed by atoms with van der Waals surface area (Å²) in [6.07, 6.45) is 0.161. The van der Waals surface area contributed by atoms with Gasteiger partial charge in [0.15, 0.2) is 0 Å². The van der Waals surface area contributed by atoms with Crippen molar-refractivity contribution in [3.8, 4) is 0 Å². The van der Waals surface area contributed by atoms with Crippen molar-refractivity contribution in [2.45, 2.75) is 26.5 Å². The van der Waals surface area contributed by atoms with Gasteiger partial charge in [-0.3, -0.25) is 4.90 Å². The lowest BCUT2D eigenvalue weighted by Crippen LogP contribution is -2.45. The number of morpholine rings is 1. The molecule has 16 heavy (non-hydrogen) atoms. The van der Waals surface area contributed by atoms with Gasteiger partial charge in [-0.05, 0) is 13.8 Å². The maximum atomic E-state index is 5.62. The molecule has 0 aliphatic carbocycles. The summed E-state index contributed by atoms with van der Waals surface area (Å²) in [6, 6.07) is 0. The Hall–Kier alpha value is -0.910. The van der Waals surface area contributed by atoms with Gasteiger partial charge < -0.3 is 15.0 Å². The van der Waals surface area contributed by atoms with Crippen molar-refractivity contribution in [2.24, 2.45) is 5.73 Å². The summed E-state index contributed by atoms with van der Waals surface area (Å²) in [5.41, 5.74) is 7.79. The molecule has 1 aliphatic rings. The second-order valence-electron chi connectivity index (χ2n) is 4.27. The third-order valence-corrected chi connectivity index (χ3v) is 3.05. The Balaban J connectivity index is 1.99. The van der Waals surface area contributed by atoms with E-state index in [4.69, 9.17) is 15.0 Å². The molecule has 0 radical (unpaired) electrons. The Morgan fingerprint density at radius 3 is 2.94 bits per heavy atom. The van der Waals surface area contributed by atoms with Gasteiger partial charge in [0, 0.05) is 31.7 Å². The molecule has 2 N–H and O–H groups in total. The van der Waals surface area contributed by atoms with E-state index in [0.29, 0.717) is 6.54 Å². The number of nitrogens with zero attached hydrogens (tertiary/aromatic N) is 2. The van der Waals surface area contributed by atoms with E-state index in [1.54, 1.807) is 0 Å². The Morgan fingerprint density at radius 1 is 1.50 bits per heavy atom. The molecule has 1 aromatic rings. The first-order chi connectivity index (χ1) is 7.70. The molecule has 5 heteroatoms. The minimum Gasteiger partial charge on any atom is -0.374 e. The summed E-state index contributed by atoms with van der Waals surface area (Å²) in [4.78, 5) is 2.34. The van der Waals surface area contributed by atoms with Crippen molar-refractivity contribution in [3.05, 3.63) is 17.0 Å². The maximum absolute atomic E-state index is 5.62. The molecule has 2 heterocycles. The summed E-state index contributed by atoms with van der Waals surface area (Å²) in [5, 5.41) is 3.96. The first-order valence-electron chi connectivity index (χ1n) is 5.66. The van der Waals surface area contributed by atoms with Crippen molar-refractivity contribution >= 4 is 0 Å². The zero-order chi connectivity index (χ0) is 11.5. The van der Waals surface area contributed by atoms with Crippen LogP contribution in [0.2, 0.25) is 0 Å². The summed E-state index contributed by atoms with van der Waals surface area (Å²) in [7, 11) is 0. The van der Waals surface area contributed by atoms with Crippen molar-refractivity contribution in [1.82, 2.24) is 10.1 Å². The van der Waals surface area contributed by atoms with Crippen molar-refractivity contribution in [1.29, 1.82) is 0 Å². The van der Waals surface area contributed by atoms with Gasteiger partial charge in [0.2, 0.25) is 0 Å². The normalized spacial score (nSPS) is 22.6. The van der Waals surface area contributed by atoms with Gasteiger partial charge in [-0.15, -0.1) is 0 Å². The molecule has 2 rings (SSSR count). The van der Waals surface area contributed by atoms with Crippen molar-refractivity contribution in [3.63, 3.8) is 0 Å². The second-order valence-corrected chi connectivity index (χ2v) is 4.27. The monoisotopic (exact) mass is 225 g/mol. The number of aromatic nitrogens is 1. The molecular weight excluding hydrogens is 206 g/mol. The third-order valence-electron chi connectivity index (χ3n) is 3.05. The summed E-state index contributed by atoms with van der Waals surface area (Å²) < 4.78 is 10.7. The molecule has 0 saturated carbocycles. The van der Waals surface area contributed by atoms with E-state index in [1.807, 2.05) is 13.8 Å². The highest BCUT2D eigenvalue weighted by atomic mass is 16.5. The Bertz CT molecular complexity index is 331. The predicted molar refractivity (Wildman–Crippen MR) is 60.0 cm³/mol. The van der Waals surface area contributed by atoms with Crippen molar-refractivity contribution in [2.75, 3.05) is 26.2 Å². The van der Waals surface area contributed by atoms with Crippen LogP contribution in [0.15, 0.2) is 4.52 Å². The average molecular weight is 225 g/mol.